The largest absolute Gasteiger partial charge is 0.503 e. The molecule has 2 N–H and O–H groups in total. The maximum Gasteiger partial charge on any atom is 0.276 e. The van der Waals surface area contributed by atoms with Crippen LogP contribution >= 0.6 is 11.3 Å². The Balaban J connectivity index is 1.51. The van der Waals surface area contributed by atoms with Gasteiger partial charge in [0.05, 0.1) is 23.4 Å². The number of rotatable bonds is 2. The Labute approximate surface area is 174 Å². The van der Waals surface area contributed by atoms with Crippen molar-refractivity contribution in [2.45, 2.75) is 32.2 Å². The van der Waals surface area contributed by atoms with Crippen molar-refractivity contribution in [1.29, 1.82) is 0 Å². The highest BCUT2D eigenvalue weighted by molar-refractivity contribution is 7.22. The number of hydrogen-bond donors (Lipinski definition) is 2. The fourth-order valence-corrected chi connectivity index (χ4v) is 4.77. The van der Waals surface area contributed by atoms with Gasteiger partial charge in [-0.3, -0.25) is 19.7 Å². The van der Waals surface area contributed by atoms with Gasteiger partial charge in [-0.15, -0.1) is 0 Å². The molecule has 1 aromatic carbocycles. The number of aromatic nitrogens is 2. The number of fused-ring (bicyclic) bond motifs is 3. The van der Waals surface area contributed by atoms with E-state index in [0.717, 1.165) is 10.2 Å². The first-order chi connectivity index (χ1) is 14.4. The predicted octanol–water partition coefficient (Wildman–Crippen LogP) is 2.01. The summed E-state index contributed by atoms with van der Waals surface area (Å²) in [7, 11) is 0. The molecule has 2 aliphatic rings. The van der Waals surface area contributed by atoms with Crippen LogP contribution in [0.2, 0.25) is 0 Å². The lowest BCUT2D eigenvalue weighted by Gasteiger charge is -2.44. The minimum absolute atomic E-state index is 0.0680. The number of para-hydroxylation sites is 1. The number of carbonyl (C=O) groups excluding carboxylic acids is 2. The van der Waals surface area contributed by atoms with Crippen molar-refractivity contribution in [3.63, 3.8) is 0 Å². The number of ether oxygens (including phenoxy) is 1. The Morgan fingerprint density at radius 2 is 2.13 bits per heavy atom. The Hall–Kier alpha value is -3.24. The molecule has 1 saturated heterocycles. The Kier molecular flexibility index (Phi) is 4.33. The van der Waals surface area contributed by atoms with Crippen LogP contribution in [0.5, 0.6) is 5.75 Å². The molecule has 2 amide bonds. The summed E-state index contributed by atoms with van der Waals surface area (Å²) >= 11 is 1.28. The molecule has 0 unspecified atom stereocenters. The van der Waals surface area contributed by atoms with Crippen molar-refractivity contribution in [3.05, 3.63) is 51.9 Å². The summed E-state index contributed by atoms with van der Waals surface area (Å²) in [6.45, 7) is 2.64. The van der Waals surface area contributed by atoms with E-state index in [2.05, 4.69) is 10.3 Å². The van der Waals surface area contributed by atoms with Gasteiger partial charge in [0.1, 0.15) is 5.56 Å². The van der Waals surface area contributed by atoms with Crippen LogP contribution in [0, 0.1) is 0 Å². The van der Waals surface area contributed by atoms with E-state index >= 15 is 0 Å². The average molecular weight is 426 g/mol. The number of hydrogen-bond acceptors (Lipinski definition) is 7. The summed E-state index contributed by atoms with van der Waals surface area (Å²) in [4.78, 5) is 44.2. The van der Waals surface area contributed by atoms with Gasteiger partial charge in [0.2, 0.25) is 5.43 Å². The number of pyridine rings is 1. The van der Waals surface area contributed by atoms with Crippen LogP contribution < -0.4 is 10.7 Å². The zero-order valence-electron chi connectivity index (χ0n) is 16.0. The zero-order valence-corrected chi connectivity index (χ0v) is 16.8. The second kappa shape index (κ2) is 6.92. The molecular weight excluding hydrogens is 408 g/mol. The molecule has 0 spiro atoms. The van der Waals surface area contributed by atoms with Crippen molar-refractivity contribution >= 4 is 38.5 Å². The molecule has 0 bridgehead atoms. The SMILES string of the molecule is C[C@@H]1CCO[C@H]2Cn3cc(C(=O)Nc4nc5ccccc5s4)c(=O)c(O)c3C(=O)N12. The fourth-order valence-electron chi connectivity index (χ4n) is 3.91. The fraction of sp³-hybridized carbons (Fsp3) is 0.300. The van der Waals surface area contributed by atoms with Gasteiger partial charge >= 0.3 is 0 Å². The molecule has 2 aromatic heterocycles. The van der Waals surface area contributed by atoms with E-state index in [9.17, 15) is 19.5 Å². The van der Waals surface area contributed by atoms with E-state index in [0.29, 0.717) is 18.2 Å². The van der Waals surface area contributed by atoms with E-state index in [1.165, 1.54) is 22.1 Å². The van der Waals surface area contributed by atoms with Gasteiger partial charge in [0, 0.05) is 12.2 Å². The lowest BCUT2D eigenvalue weighted by atomic mass is 10.1. The average Bonchev–Trinajstić information content (AvgIpc) is 3.12. The number of aromatic hydroxyl groups is 1. The van der Waals surface area contributed by atoms with Crippen LogP contribution in [-0.2, 0) is 11.3 Å². The molecule has 1 fully saturated rings. The van der Waals surface area contributed by atoms with E-state index in [-0.39, 0.29) is 23.8 Å². The number of nitrogens with zero attached hydrogens (tertiary/aromatic N) is 3. The third kappa shape index (κ3) is 2.87. The third-order valence-corrected chi connectivity index (χ3v) is 6.39. The summed E-state index contributed by atoms with van der Waals surface area (Å²) in [6.07, 6.45) is 1.48. The molecule has 4 heterocycles. The number of carbonyl (C=O) groups is 2. The molecule has 9 nitrogen and oxygen atoms in total. The second-order valence-corrected chi connectivity index (χ2v) is 8.37. The topological polar surface area (TPSA) is 114 Å². The third-order valence-electron chi connectivity index (χ3n) is 5.44. The quantitative estimate of drug-likeness (QED) is 0.648. The van der Waals surface area contributed by atoms with Crippen LogP contribution in [0.1, 0.15) is 34.2 Å². The Morgan fingerprint density at radius 3 is 2.93 bits per heavy atom. The lowest BCUT2D eigenvalue weighted by Crippen LogP contribution is -2.57. The molecular formula is C20H18N4O5S. The van der Waals surface area contributed by atoms with Gasteiger partial charge in [-0.25, -0.2) is 4.98 Å². The van der Waals surface area contributed by atoms with Crippen molar-refractivity contribution in [1.82, 2.24) is 14.5 Å². The Morgan fingerprint density at radius 1 is 1.33 bits per heavy atom. The van der Waals surface area contributed by atoms with Crippen LogP contribution in [0.15, 0.2) is 35.3 Å². The molecule has 154 valence electrons. The summed E-state index contributed by atoms with van der Waals surface area (Å²) in [5.41, 5.74) is -0.542. The van der Waals surface area contributed by atoms with Crippen molar-refractivity contribution in [2.75, 3.05) is 11.9 Å². The van der Waals surface area contributed by atoms with Gasteiger partial charge in [0.15, 0.2) is 22.8 Å². The van der Waals surface area contributed by atoms with E-state index < -0.39 is 29.2 Å². The monoisotopic (exact) mass is 426 g/mol. The maximum atomic E-state index is 12.9. The van der Waals surface area contributed by atoms with Gasteiger partial charge in [-0.05, 0) is 25.5 Å². The van der Waals surface area contributed by atoms with Crippen LogP contribution in [0.3, 0.4) is 0 Å². The van der Waals surface area contributed by atoms with Gasteiger partial charge in [0.25, 0.3) is 11.8 Å². The minimum Gasteiger partial charge on any atom is -0.503 e. The molecule has 2 aliphatic heterocycles. The second-order valence-electron chi connectivity index (χ2n) is 7.34. The highest BCUT2D eigenvalue weighted by Crippen LogP contribution is 2.30. The molecule has 0 radical (unpaired) electrons. The normalized spacial score (nSPS) is 20.7. The van der Waals surface area contributed by atoms with Crippen molar-refractivity contribution in [2.24, 2.45) is 0 Å². The molecule has 2 atom stereocenters. The molecule has 10 heteroatoms. The van der Waals surface area contributed by atoms with E-state index in [1.807, 2.05) is 31.2 Å². The Bertz CT molecular complexity index is 1220. The number of anilines is 1. The number of nitrogens with one attached hydrogen (secondary N) is 1. The van der Waals surface area contributed by atoms with E-state index in [4.69, 9.17) is 4.74 Å². The smallest absolute Gasteiger partial charge is 0.276 e. The number of thiazole rings is 1. The molecule has 0 aliphatic carbocycles. The van der Waals surface area contributed by atoms with Crippen molar-refractivity contribution in [3.8, 4) is 5.75 Å². The van der Waals surface area contributed by atoms with Crippen molar-refractivity contribution < 1.29 is 19.4 Å². The van der Waals surface area contributed by atoms with Gasteiger partial charge < -0.3 is 19.3 Å². The summed E-state index contributed by atoms with van der Waals surface area (Å²) in [5, 5.41) is 13.4. The van der Waals surface area contributed by atoms with E-state index in [1.54, 1.807) is 4.90 Å². The summed E-state index contributed by atoms with van der Waals surface area (Å²) in [5.74, 6) is -1.91. The standard InChI is InChI=1S/C20H18N4O5S/c1-10-6-7-29-14-9-23-8-11(16(25)17(26)15(23)19(28)24(10)14)18(27)22-20-21-12-4-2-3-5-13(12)30-20/h2-5,8,10,14,26H,6-7,9H2,1H3,(H,21,22,27)/t10-,14+/m1/s1. The molecule has 5 rings (SSSR count). The van der Waals surface area contributed by atoms with Gasteiger partial charge in [-0.1, -0.05) is 23.5 Å². The first-order valence-corrected chi connectivity index (χ1v) is 10.3. The molecule has 30 heavy (non-hydrogen) atoms. The van der Waals surface area contributed by atoms with Gasteiger partial charge in [-0.2, -0.15) is 0 Å². The first kappa shape index (κ1) is 18.8. The van der Waals surface area contributed by atoms with Crippen LogP contribution in [0.4, 0.5) is 5.13 Å². The van der Waals surface area contributed by atoms with Crippen LogP contribution in [-0.4, -0.2) is 50.2 Å². The predicted molar refractivity (Wildman–Crippen MR) is 110 cm³/mol. The summed E-state index contributed by atoms with van der Waals surface area (Å²) < 4.78 is 8.01. The lowest BCUT2D eigenvalue weighted by molar-refractivity contribution is -0.112. The minimum atomic E-state index is -0.891. The molecule has 3 aromatic rings. The molecule has 0 saturated carbocycles. The zero-order chi connectivity index (χ0) is 21.0. The summed E-state index contributed by atoms with van der Waals surface area (Å²) in [6, 6.07) is 7.35. The first-order valence-electron chi connectivity index (χ1n) is 9.51. The highest BCUT2D eigenvalue weighted by Gasteiger charge is 2.41. The maximum absolute atomic E-state index is 12.9. The number of amides is 2. The van der Waals surface area contributed by atoms with Crippen LogP contribution in [0.25, 0.3) is 10.2 Å². The number of benzene rings is 1. The highest BCUT2D eigenvalue weighted by atomic mass is 32.1.